The van der Waals surface area contributed by atoms with Crippen molar-refractivity contribution in [1.82, 2.24) is 19.9 Å². The highest BCUT2D eigenvalue weighted by Crippen LogP contribution is 2.24. The van der Waals surface area contributed by atoms with E-state index in [0.29, 0.717) is 12.2 Å². The van der Waals surface area contributed by atoms with Crippen LogP contribution in [-0.4, -0.2) is 33.0 Å². The van der Waals surface area contributed by atoms with Gasteiger partial charge in [-0.1, -0.05) is 12.1 Å². The van der Waals surface area contributed by atoms with Crippen molar-refractivity contribution in [1.29, 1.82) is 0 Å². The number of thiazole rings is 1. The number of rotatable bonds is 5. The summed E-state index contributed by atoms with van der Waals surface area (Å²) < 4.78 is 14.9. The van der Waals surface area contributed by atoms with E-state index in [2.05, 4.69) is 20.7 Å². The number of benzene rings is 1. The minimum absolute atomic E-state index is 0.225. The highest BCUT2D eigenvalue weighted by molar-refractivity contribution is 7.15. The van der Waals surface area contributed by atoms with E-state index in [1.54, 1.807) is 15.9 Å². The van der Waals surface area contributed by atoms with Crippen molar-refractivity contribution in [3.63, 3.8) is 0 Å². The maximum absolute atomic E-state index is 13.1. The molecule has 7 nitrogen and oxygen atoms in total. The highest BCUT2D eigenvalue weighted by Gasteiger charge is 2.15. The Morgan fingerprint density at radius 1 is 1.14 bits per heavy atom. The van der Waals surface area contributed by atoms with Crippen molar-refractivity contribution < 1.29 is 14.0 Å². The second-order valence-corrected chi connectivity index (χ2v) is 7.59. The number of hydrogen-bond donors (Lipinski definition) is 2. The highest BCUT2D eigenvalue weighted by atomic mass is 32.1. The molecule has 28 heavy (non-hydrogen) atoms. The lowest BCUT2D eigenvalue weighted by molar-refractivity contribution is -0.136. The number of carbonyl (C=O) groups is 2. The maximum atomic E-state index is 13.1. The van der Waals surface area contributed by atoms with Gasteiger partial charge >= 0.3 is 11.8 Å². The molecule has 0 unspecified atom stereocenters. The van der Waals surface area contributed by atoms with Crippen LogP contribution in [-0.2, 0) is 16.0 Å². The largest absolute Gasteiger partial charge is 0.347 e. The number of amides is 2. The molecule has 0 saturated heterocycles. The third-order valence-corrected chi connectivity index (χ3v) is 5.58. The van der Waals surface area contributed by atoms with Gasteiger partial charge in [0.2, 0.25) is 4.96 Å². The summed E-state index contributed by atoms with van der Waals surface area (Å²) in [6.07, 6.45) is 0.492. The van der Waals surface area contributed by atoms with Crippen LogP contribution in [0.4, 0.5) is 10.1 Å². The van der Waals surface area contributed by atoms with Gasteiger partial charge in [-0.2, -0.15) is 4.98 Å². The lowest BCUT2D eigenvalue weighted by atomic mass is 10.3. The van der Waals surface area contributed by atoms with Crippen molar-refractivity contribution in [2.75, 3.05) is 11.9 Å². The van der Waals surface area contributed by atoms with E-state index in [1.165, 1.54) is 29.5 Å². The molecule has 0 radical (unpaired) electrons. The van der Waals surface area contributed by atoms with E-state index < -0.39 is 17.6 Å². The Labute approximate surface area is 166 Å². The van der Waals surface area contributed by atoms with Crippen LogP contribution in [0.5, 0.6) is 0 Å². The Kier molecular flexibility index (Phi) is 5.13. The van der Waals surface area contributed by atoms with Crippen LogP contribution in [0.25, 0.3) is 15.7 Å². The number of hydrogen-bond acceptors (Lipinski definition) is 6. The molecular formula is C18H14FN5O2S2. The van der Waals surface area contributed by atoms with Gasteiger partial charge in [0.25, 0.3) is 0 Å². The summed E-state index contributed by atoms with van der Waals surface area (Å²) in [6, 6.07) is 9.26. The van der Waals surface area contributed by atoms with Gasteiger partial charge in [0.1, 0.15) is 5.82 Å². The fourth-order valence-corrected chi connectivity index (χ4v) is 4.05. The summed E-state index contributed by atoms with van der Waals surface area (Å²) in [5.74, 6) is -1.45. The lowest BCUT2D eigenvalue weighted by Gasteiger charge is -2.06. The first-order chi connectivity index (χ1) is 13.6. The number of fused-ring (bicyclic) bond motifs is 1. The van der Waals surface area contributed by atoms with Crippen molar-refractivity contribution in [2.45, 2.75) is 6.42 Å². The number of halogens is 1. The molecular weight excluding hydrogens is 401 g/mol. The Bertz CT molecular complexity index is 1140. The molecule has 4 rings (SSSR count). The first-order valence-electron chi connectivity index (χ1n) is 8.32. The van der Waals surface area contributed by atoms with Crippen LogP contribution in [0.3, 0.4) is 0 Å². The number of anilines is 1. The SMILES string of the molecule is O=C(NCCc1csc2nc(-c3cccs3)nn12)C(=O)Nc1cccc(F)c1. The zero-order chi connectivity index (χ0) is 19.5. The monoisotopic (exact) mass is 415 g/mol. The van der Waals surface area contributed by atoms with Crippen molar-refractivity contribution in [3.8, 4) is 10.7 Å². The minimum atomic E-state index is -0.846. The quantitative estimate of drug-likeness (QED) is 0.491. The fourth-order valence-electron chi connectivity index (χ4n) is 2.55. The summed E-state index contributed by atoms with van der Waals surface area (Å²) in [7, 11) is 0. The smallest absolute Gasteiger partial charge is 0.313 e. The average molecular weight is 415 g/mol. The van der Waals surface area contributed by atoms with E-state index in [4.69, 9.17) is 0 Å². The summed E-state index contributed by atoms with van der Waals surface area (Å²) in [6.45, 7) is 0.259. The first-order valence-corrected chi connectivity index (χ1v) is 10.1. The molecule has 1 aromatic carbocycles. The van der Waals surface area contributed by atoms with E-state index in [0.717, 1.165) is 21.6 Å². The first kappa shape index (κ1) is 18.3. The van der Waals surface area contributed by atoms with Gasteiger partial charge in [-0.25, -0.2) is 8.91 Å². The summed E-state index contributed by atoms with van der Waals surface area (Å²) in [5.41, 5.74) is 1.12. The zero-order valence-corrected chi connectivity index (χ0v) is 16.0. The van der Waals surface area contributed by atoms with E-state index in [-0.39, 0.29) is 12.2 Å². The normalized spacial score (nSPS) is 10.9. The Morgan fingerprint density at radius 2 is 2.04 bits per heavy atom. The molecule has 0 spiro atoms. The number of thiophene rings is 1. The Balaban J connectivity index is 1.34. The second kappa shape index (κ2) is 7.87. The fraction of sp³-hybridized carbons (Fsp3) is 0.111. The zero-order valence-electron chi connectivity index (χ0n) is 14.4. The topological polar surface area (TPSA) is 88.4 Å². The van der Waals surface area contributed by atoms with Crippen molar-refractivity contribution in [3.05, 3.63) is 58.7 Å². The standard InChI is InChI=1S/C18H14FN5O2S2/c19-11-3-1-4-12(9-11)21-17(26)16(25)20-7-6-13-10-28-18-22-15(23-24(13)18)14-5-2-8-27-14/h1-5,8-10H,6-7H2,(H,20,25)(H,21,26). The predicted molar refractivity (Wildman–Crippen MR) is 106 cm³/mol. The lowest BCUT2D eigenvalue weighted by Crippen LogP contribution is -2.36. The molecule has 142 valence electrons. The molecule has 0 fully saturated rings. The molecule has 0 aliphatic carbocycles. The van der Waals surface area contributed by atoms with Crippen LogP contribution in [0.2, 0.25) is 0 Å². The molecule has 10 heteroatoms. The summed E-state index contributed by atoms with van der Waals surface area (Å²) in [4.78, 5) is 30.1. The summed E-state index contributed by atoms with van der Waals surface area (Å²) in [5, 5.41) is 13.3. The number of aromatic nitrogens is 3. The van der Waals surface area contributed by atoms with E-state index in [1.807, 2.05) is 22.9 Å². The predicted octanol–water partition coefficient (Wildman–Crippen LogP) is 2.96. The Hall–Kier alpha value is -3.11. The third-order valence-electron chi connectivity index (χ3n) is 3.85. The molecule has 2 N–H and O–H groups in total. The van der Waals surface area contributed by atoms with E-state index >= 15 is 0 Å². The number of carbonyl (C=O) groups excluding carboxylic acids is 2. The molecule has 0 aliphatic heterocycles. The molecule has 3 aromatic heterocycles. The van der Waals surface area contributed by atoms with E-state index in [9.17, 15) is 14.0 Å². The van der Waals surface area contributed by atoms with Gasteiger partial charge in [-0.3, -0.25) is 9.59 Å². The molecule has 2 amide bonds. The van der Waals surface area contributed by atoms with Gasteiger partial charge in [0, 0.05) is 24.0 Å². The van der Waals surface area contributed by atoms with Crippen molar-refractivity contribution in [2.24, 2.45) is 0 Å². The summed E-state index contributed by atoms with van der Waals surface area (Å²) >= 11 is 3.04. The molecule has 0 bridgehead atoms. The van der Waals surface area contributed by atoms with Gasteiger partial charge in [-0.05, 0) is 29.6 Å². The van der Waals surface area contributed by atoms with Crippen LogP contribution >= 0.6 is 22.7 Å². The Morgan fingerprint density at radius 3 is 2.82 bits per heavy atom. The van der Waals surface area contributed by atoms with Crippen LogP contribution in [0, 0.1) is 5.82 Å². The molecule has 3 heterocycles. The average Bonchev–Trinajstić information content (AvgIpc) is 3.39. The van der Waals surface area contributed by atoms with Crippen molar-refractivity contribution >= 4 is 45.1 Å². The number of nitrogens with zero attached hydrogens (tertiary/aromatic N) is 3. The molecule has 0 atom stereocenters. The maximum Gasteiger partial charge on any atom is 0.313 e. The molecule has 0 saturated carbocycles. The molecule has 0 aliphatic rings. The van der Waals surface area contributed by atoms with Gasteiger partial charge in [0.15, 0.2) is 5.82 Å². The number of nitrogens with one attached hydrogen (secondary N) is 2. The minimum Gasteiger partial charge on any atom is -0.347 e. The molecule has 4 aromatic rings. The van der Waals surface area contributed by atoms with Gasteiger partial charge in [0.05, 0.1) is 10.6 Å². The van der Waals surface area contributed by atoms with Crippen LogP contribution < -0.4 is 10.6 Å². The van der Waals surface area contributed by atoms with Gasteiger partial charge in [-0.15, -0.1) is 27.8 Å². The third kappa shape index (κ3) is 3.92. The second-order valence-electron chi connectivity index (χ2n) is 5.80. The van der Waals surface area contributed by atoms with Crippen LogP contribution in [0.15, 0.2) is 47.2 Å². The van der Waals surface area contributed by atoms with Crippen LogP contribution in [0.1, 0.15) is 5.69 Å². The van der Waals surface area contributed by atoms with Gasteiger partial charge < -0.3 is 10.6 Å².